The second kappa shape index (κ2) is 8.72. The molecule has 1 saturated heterocycles. The van der Waals surface area contributed by atoms with E-state index in [1.165, 1.54) is 17.7 Å². The Balaban J connectivity index is 1.51. The monoisotopic (exact) mass is 412 g/mol. The minimum Gasteiger partial charge on any atom is -0.300 e. The highest BCUT2D eigenvalue weighted by Crippen LogP contribution is 2.26. The van der Waals surface area contributed by atoms with Crippen LogP contribution in [0.4, 0.5) is 0 Å². The highest BCUT2D eigenvalue weighted by molar-refractivity contribution is 7.91. The molecule has 3 rings (SSSR count). The molecule has 2 aromatic carbocycles. The molecule has 0 atom stereocenters. The first-order valence-corrected chi connectivity index (χ1v) is 11.0. The molecular weight excluding hydrogens is 391 g/mol. The summed E-state index contributed by atoms with van der Waals surface area (Å²) in [6, 6.07) is 14.9. The first-order chi connectivity index (χ1) is 12.4. The molecule has 1 heterocycles. The second-order valence-electron chi connectivity index (χ2n) is 6.50. The number of halogens is 2. The summed E-state index contributed by atoms with van der Waals surface area (Å²) in [7, 11) is -3.45. The fourth-order valence-corrected chi connectivity index (χ4v) is 5.18. The SMILES string of the molecule is O=S(=O)(CCN1CCN(Cc2ccccc2)CC1)c1cc(Cl)ccc1Cl. The summed E-state index contributed by atoms with van der Waals surface area (Å²) in [5.41, 5.74) is 1.30. The third-order valence-electron chi connectivity index (χ3n) is 4.62. The Hall–Kier alpha value is -1.11. The third kappa shape index (κ3) is 5.21. The van der Waals surface area contributed by atoms with Crippen molar-refractivity contribution in [2.45, 2.75) is 11.4 Å². The van der Waals surface area contributed by atoms with Gasteiger partial charge in [-0.2, -0.15) is 0 Å². The highest BCUT2D eigenvalue weighted by atomic mass is 35.5. The smallest absolute Gasteiger partial charge is 0.181 e. The van der Waals surface area contributed by atoms with Crippen molar-refractivity contribution in [3.05, 3.63) is 64.1 Å². The van der Waals surface area contributed by atoms with Crippen molar-refractivity contribution in [2.75, 3.05) is 38.5 Å². The molecule has 1 fully saturated rings. The quantitative estimate of drug-likeness (QED) is 0.726. The van der Waals surface area contributed by atoms with Crippen LogP contribution in [-0.4, -0.2) is 56.7 Å². The average molecular weight is 413 g/mol. The van der Waals surface area contributed by atoms with Crippen molar-refractivity contribution in [1.29, 1.82) is 0 Å². The van der Waals surface area contributed by atoms with E-state index in [9.17, 15) is 8.42 Å². The third-order valence-corrected chi connectivity index (χ3v) is 7.02. The molecular formula is C19H22Cl2N2O2S. The molecule has 0 amide bonds. The van der Waals surface area contributed by atoms with Crippen molar-refractivity contribution in [2.24, 2.45) is 0 Å². The summed E-state index contributed by atoms with van der Waals surface area (Å²) >= 11 is 12.0. The van der Waals surface area contributed by atoms with Gasteiger partial charge in [-0.1, -0.05) is 53.5 Å². The first-order valence-electron chi connectivity index (χ1n) is 8.60. The molecule has 140 valence electrons. The van der Waals surface area contributed by atoms with Gasteiger partial charge in [-0.3, -0.25) is 9.80 Å². The van der Waals surface area contributed by atoms with E-state index in [2.05, 4.69) is 34.1 Å². The summed E-state index contributed by atoms with van der Waals surface area (Å²) in [6.45, 7) is 5.05. The van der Waals surface area contributed by atoms with E-state index >= 15 is 0 Å². The number of hydrogen-bond donors (Lipinski definition) is 0. The van der Waals surface area contributed by atoms with Crippen molar-refractivity contribution in [1.82, 2.24) is 9.80 Å². The number of hydrogen-bond acceptors (Lipinski definition) is 4. The maximum Gasteiger partial charge on any atom is 0.181 e. The molecule has 2 aromatic rings. The van der Waals surface area contributed by atoms with Gasteiger partial charge >= 0.3 is 0 Å². The topological polar surface area (TPSA) is 40.6 Å². The van der Waals surface area contributed by atoms with Gasteiger partial charge in [0.05, 0.1) is 15.7 Å². The van der Waals surface area contributed by atoms with E-state index in [1.807, 2.05) is 6.07 Å². The molecule has 0 spiro atoms. The lowest BCUT2D eigenvalue weighted by atomic mass is 10.2. The zero-order valence-electron chi connectivity index (χ0n) is 14.4. The molecule has 0 N–H and O–H groups in total. The first kappa shape index (κ1) is 19.6. The Morgan fingerprint density at radius 2 is 1.54 bits per heavy atom. The van der Waals surface area contributed by atoms with Crippen LogP contribution in [-0.2, 0) is 16.4 Å². The van der Waals surface area contributed by atoms with E-state index < -0.39 is 9.84 Å². The largest absolute Gasteiger partial charge is 0.300 e. The van der Waals surface area contributed by atoms with E-state index in [-0.39, 0.29) is 15.7 Å². The summed E-state index contributed by atoms with van der Waals surface area (Å²) in [5, 5.41) is 0.601. The van der Waals surface area contributed by atoms with Gasteiger partial charge in [0.25, 0.3) is 0 Å². The zero-order chi connectivity index (χ0) is 18.6. The Morgan fingerprint density at radius 1 is 0.885 bits per heavy atom. The minimum atomic E-state index is -3.45. The lowest BCUT2D eigenvalue weighted by Crippen LogP contribution is -2.47. The standard InChI is InChI=1S/C19H22Cl2N2O2S/c20-17-6-7-18(21)19(14-17)26(24,25)13-12-22-8-10-23(11-9-22)15-16-4-2-1-3-5-16/h1-7,14H,8-13,15H2. The van der Waals surface area contributed by atoms with Crippen LogP contribution in [0.15, 0.2) is 53.4 Å². The van der Waals surface area contributed by atoms with Gasteiger partial charge < -0.3 is 0 Å². The molecule has 0 saturated carbocycles. The summed E-state index contributed by atoms with van der Waals surface area (Å²) in [5.74, 6) is 0.0474. The summed E-state index contributed by atoms with van der Waals surface area (Å²) < 4.78 is 25.1. The Bertz CT molecular complexity index is 836. The Morgan fingerprint density at radius 3 is 2.23 bits per heavy atom. The normalized spacial score (nSPS) is 16.7. The molecule has 0 aliphatic carbocycles. The summed E-state index contributed by atoms with van der Waals surface area (Å²) in [4.78, 5) is 4.71. The van der Waals surface area contributed by atoms with Gasteiger partial charge in [0.15, 0.2) is 9.84 Å². The van der Waals surface area contributed by atoms with E-state index in [0.29, 0.717) is 11.6 Å². The number of sulfone groups is 1. The fraction of sp³-hybridized carbons (Fsp3) is 0.368. The average Bonchev–Trinajstić information content (AvgIpc) is 2.64. The molecule has 1 aliphatic heterocycles. The van der Waals surface area contributed by atoms with Crippen LogP contribution in [0.2, 0.25) is 10.0 Å². The Labute approximate surface area is 165 Å². The molecule has 7 heteroatoms. The Kier molecular flexibility index (Phi) is 6.59. The lowest BCUT2D eigenvalue weighted by Gasteiger charge is -2.34. The second-order valence-corrected chi connectivity index (χ2v) is 9.42. The summed E-state index contributed by atoms with van der Waals surface area (Å²) in [6.07, 6.45) is 0. The minimum absolute atomic E-state index is 0.0474. The van der Waals surface area contributed by atoms with Gasteiger partial charge in [0, 0.05) is 44.3 Å². The molecule has 1 aliphatic rings. The van der Waals surface area contributed by atoms with Crippen LogP contribution < -0.4 is 0 Å². The van der Waals surface area contributed by atoms with Crippen molar-refractivity contribution in [3.63, 3.8) is 0 Å². The molecule has 0 unspecified atom stereocenters. The maximum absolute atomic E-state index is 12.6. The number of piperazine rings is 1. The van der Waals surface area contributed by atoms with E-state index in [0.717, 1.165) is 32.7 Å². The van der Waals surface area contributed by atoms with Gasteiger partial charge in [-0.05, 0) is 23.8 Å². The van der Waals surface area contributed by atoms with E-state index in [4.69, 9.17) is 23.2 Å². The maximum atomic E-state index is 12.6. The predicted octanol–water partition coefficient (Wildman–Crippen LogP) is 3.58. The van der Waals surface area contributed by atoms with Crippen molar-refractivity contribution < 1.29 is 8.42 Å². The number of rotatable bonds is 6. The zero-order valence-corrected chi connectivity index (χ0v) is 16.8. The molecule has 0 radical (unpaired) electrons. The fourth-order valence-electron chi connectivity index (χ4n) is 3.09. The number of nitrogens with zero attached hydrogens (tertiary/aromatic N) is 2. The molecule has 26 heavy (non-hydrogen) atoms. The lowest BCUT2D eigenvalue weighted by molar-refractivity contribution is 0.132. The van der Waals surface area contributed by atoms with Crippen molar-refractivity contribution in [3.8, 4) is 0 Å². The van der Waals surface area contributed by atoms with Crippen LogP contribution >= 0.6 is 23.2 Å². The van der Waals surface area contributed by atoms with Crippen molar-refractivity contribution >= 4 is 33.0 Å². The van der Waals surface area contributed by atoms with E-state index in [1.54, 1.807) is 6.07 Å². The highest BCUT2D eigenvalue weighted by Gasteiger charge is 2.22. The van der Waals surface area contributed by atoms with Crippen LogP contribution in [0.3, 0.4) is 0 Å². The van der Waals surface area contributed by atoms with Crippen LogP contribution in [0.5, 0.6) is 0 Å². The molecule has 0 bridgehead atoms. The van der Waals surface area contributed by atoms with Gasteiger partial charge in [0.1, 0.15) is 0 Å². The molecule has 0 aromatic heterocycles. The van der Waals surface area contributed by atoms with Crippen LogP contribution in [0.1, 0.15) is 5.56 Å². The van der Waals surface area contributed by atoms with Gasteiger partial charge in [-0.15, -0.1) is 0 Å². The van der Waals surface area contributed by atoms with Crippen LogP contribution in [0.25, 0.3) is 0 Å². The van der Waals surface area contributed by atoms with Crippen LogP contribution in [0, 0.1) is 0 Å². The molecule has 4 nitrogen and oxygen atoms in total. The van der Waals surface area contributed by atoms with Gasteiger partial charge in [0.2, 0.25) is 0 Å². The predicted molar refractivity (Wildman–Crippen MR) is 107 cm³/mol. The van der Waals surface area contributed by atoms with Gasteiger partial charge in [-0.25, -0.2) is 8.42 Å². The number of benzene rings is 2.